The molecule has 2 heterocycles. The third-order valence-electron chi connectivity index (χ3n) is 5.77. The van der Waals surface area contributed by atoms with Crippen LogP contribution in [0.4, 0.5) is 0 Å². The van der Waals surface area contributed by atoms with Gasteiger partial charge in [-0.1, -0.05) is 0 Å². The Morgan fingerprint density at radius 1 is 0.606 bits per heavy atom. The summed E-state index contributed by atoms with van der Waals surface area (Å²) in [5, 5.41) is 15.8. The van der Waals surface area contributed by atoms with Crippen molar-refractivity contribution in [1.82, 2.24) is 20.4 Å². The van der Waals surface area contributed by atoms with E-state index in [1.807, 2.05) is 0 Å². The van der Waals surface area contributed by atoms with Crippen LogP contribution in [0.1, 0.15) is 59.3 Å². The first kappa shape index (κ1) is 29.2. The van der Waals surface area contributed by atoms with E-state index < -0.39 is 18.4 Å². The molecular formula is C24H42N4O4Sn. The molecule has 2 rings (SSSR count). The normalized spacial score (nSPS) is 10.8. The summed E-state index contributed by atoms with van der Waals surface area (Å²) in [6, 6.07) is 5.51. The van der Waals surface area contributed by atoms with Crippen molar-refractivity contribution in [3.05, 3.63) is 18.2 Å². The summed E-state index contributed by atoms with van der Waals surface area (Å²) < 4.78 is 26.1. The summed E-state index contributed by atoms with van der Waals surface area (Å²) in [6.07, 6.45) is 7.73. The van der Waals surface area contributed by atoms with Crippen LogP contribution in [0.25, 0.3) is 0 Å². The van der Waals surface area contributed by atoms with Crippen LogP contribution in [0.3, 0.4) is 0 Å². The molecule has 0 aliphatic rings. The Kier molecular flexibility index (Phi) is 14.8. The van der Waals surface area contributed by atoms with Gasteiger partial charge >= 0.3 is 146 Å². The SMILES string of the molecule is CCC[CH2][Sn]([CH2]CCC)([CH2]CCC)[c]1cc(OC)nnc1OC.COc1ccc(OC)nn1. The molecule has 0 N–H and O–H groups in total. The molecule has 0 amide bonds. The van der Waals surface area contributed by atoms with Gasteiger partial charge in [-0.15, -0.1) is 10.2 Å². The predicted octanol–water partition coefficient (Wildman–Crippen LogP) is 5.04. The first-order chi connectivity index (χ1) is 16.0. The Balaban J connectivity index is 0.000000451. The van der Waals surface area contributed by atoms with Crippen LogP contribution in [0, 0.1) is 0 Å². The average Bonchev–Trinajstić information content (AvgIpc) is 2.88. The number of nitrogens with zero attached hydrogens (tertiary/aromatic N) is 4. The molecule has 0 radical (unpaired) electrons. The minimum atomic E-state index is -2.56. The minimum Gasteiger partial charge on any atom is -0.480 e. The molecule has 0 spiro atoms. The molecule has 0 aliphatic heterocycles. The quantitative estimate of drug-likeness (QED) is 0.293. The van der Waals surface area contributed by atoms with E-state index in [1.165, 1.54) is 69.6 Å². The summed E-state index contributed by atoms with van der Waals surface area (Å²) >= 11 is -2.56. The topological polar surface area (TPSA) is 88.5 Å². The first-order valence-electron chi connectivity index (χ1n) is 11.9. The smallest absolute Gasteiger partial charge is 0.233 e. The molecule has 0 aliphatic carbocycles. The maximum Gasteiger partial charge on any atom is 0.233 e. The number of ether oxygens (including phenoxy) is 4. The van der Waals surface area contributed by atoms with Crippen molar-refractivity contribution in [2.75, 3.05) is 28.4 Å². The largest absolute Gasteiger partial charge is 0.480 e. The van der Waals surface area contributed by atoms with Crippen LogP contribution in [0.15, 0.2) is 18.2 Å². The van der Waals surface area contributed by atoms with E-state index in [4.69, 9.17) is 18.9 Å². The van der Waals surface area contributed by atoms with Crippen LogP contribution in [-0.2, 0) is 0 Å². The molecule has 0 bridgehead atoms. The van der Waals surface area contributed by atoms with E-state index in [0.29, 0.717) is 17.6 Å². The Bertz CT molecular complexity index is 733. The zero-order valence-corrected chi connectivity index (χ0v) is 24.4. The Morgan fingerprint density at radius 2 is 1.03 bits per heavy atom. The van der Waals surface area contributed by atoms with E-state index >= 15 is 0 Å². The van der Waals surface area contributed by atoms with Crippen LogP contribution < -0.4 is 22.5 Å². The Labute approximate surface area is 203 Å². The number of unbranched alkanes of at least 4 members (excludes halogenated alkanes) is 3. The second-order valence-electron chi connectivity index (χ2n) is 8.02. The van der Waals surface area contributed by atoms with Gasteiger partial charge in [0.2, 0.25) is 11.8 Å². The van der Waals surface area contributed by atoms with Crippen molar-refractivity contribution >= 4 is 22.0 Å². The van der Waals surface area contributed by atoms with E-state index in [-0.39, 0.29) is 0 Å². The Hall–Kier alpha value is -1.84. The number of aromatic nitrogens is 4. The minimum absolute atomic E-state index is 0.487. The third kappa shape index (κ3) is 9.50. The maximum absolute atomic E-state index is 5.61. The molecule has 2 aromatic rings. The molecule has 8 nitrogen and oxygen atoms in total. The van der Waals surface area contributed by atoms with Crippen molar-refractivity contribution in [1.29, 1.82) is 0 Å². The van der Waals surface area contributed by atoms with Gasteiger partial charge in [0, 0.05) is 12.1 Å². The molecule has 0 saturated carbocycles. The number of hydrogen-bond donors (Lipinski definition) is 0. The second-order valence-corrected chi connectivity index (χ2v) is 21.1. The molecule has 0 aromatic carbocycles. The summed E-state index contributed by atoms with van der Waals surface area (Å²) in [5.41, 5.74) is 0. The summed E-state index contributed by atoms with van der Waals surface area (Å²) in [4.78, 5) is 0. The van der Waals surface area contributed by atoms with Crippen molar-refractivity contribution < 1.29 is 18.9 Å². The molecule has 2 aromatic heterocycles. The van der Waals surface area contributed by atoms with Crippen LogP contribution in [-0.4, -0.2) is 67.2 Å². The fraction of sp³-hybridized carbons (Fsp3) is 0.667. The molecule has 0 fully saturated rings. The summed E-state index contributed by atoms with van der Waals surface area (Å²) in [7, 11) is 6.46. The van der Waals surface area contributed by atoms with Gasteiger partial charge in [-0.3, -0.25) is 0 Å². The van der Waals surface area contributed by atoms with E-state index in [1.54, 1.807) is 26.4 Å². The number of hydrogen-bond acceptors (Lipinski definition) is 8. The van der Waals surface area contributed by atoms with Crippen LogP contribution in [0.5, 0.6) is 23.5 Å². The van der Waals surface area contributed by atoms with Gasteiger partial charge < -0.3 is 9.47 Å². The molecule has 0 saturated heterocycles. The molecule has 0 atom stereocenters. The first-order valence-corrected chi connectivity index (χ1v) is 19.4. The maximum atomic E-state index is 5.61. The Morgan fingerprint density at radius 3 is 1.36 bits per heavy atom. The fourth-order valence-corrected chi connectivity index (χ4v) is 20.1. The van der Waals surface area contributed by atoms with Gasteiger partial charge in [0.05, 0.1) is 14.2 Å². The van der Waals surface area contributed by atoms with Gasteiger partial charge in [-0.25, -0.2) is 0 Å². The van der Waals surface area contributed by atoms with E-state index in [0.717, 1.165) is 5.88 Å². The molecular weight excluding hydrogens is 527 g/mol. The van der Waals surface area contributed by atoms with Gasteiger partial charge in [-0.2, -0.15) is 0 Å². The standard InChI is InChI=1S/C6H8N2O2.C6H7N2O2.3C4H9.Sn/c2*1-9-5-3-4-6(10-2)8-7-5;3*1-3-4-2;/h3-4H,1-2H3;3H,1-2H3;3*1,3-4H2,2H3;. The van der Waals surface area contributed by atoms with Gasteiger partial charge in [0.25, 0.3) is 0 Å². The zero-order valence-electron chi connectivity index (χ0n) is 21.5. The number of methoxy groups -OCH3 is 4. The summed E-state index contributed by atoms with van der Waals surface area (Å²) in [6.45, 7) is 6.87. The molecule has 186 valence electrons. The van der Waals surface area contributed by atoms with Crippen molar-refractivity contribution in [3.8, 4) is 23.5 Å². The van der Waals surface area contributed by atoms with Crippen molar-refractivity contribution in [2.24, 2.45) is 0 Å². The van der Waals surface area contributed by atoms with Crippen molar-refractivity contribution in [3.63, 3.8) is 0 Å². The van der Waals surface area contributed by atoms with Gasteiger partial charge in [0.1, 0.15) is 0 Å². The average molecular weight is 569 g/mol. The van der Waals surface area contributed by atoms with Gasteiger partial charge in [-0.05, 0) is 0 Å². The predicted molar refractivity (Wildman–Crippen MR) is 135 cm³/mol. The van der Waals surface area contributed by atoms with Crippen LogP contribution >= 0.6 is 0 Å². The van der Waals surface area contributed by atoms with Crippen molar-refractivity contribution in [2.45, 2.75) is 72.6 Å². The van der Waals surface area contributed by atoms with E-state index in [2.05, 4.69) is 47.2 Å². The summed E-state index contributed by atoms with van der Waals surface area (Å²) in [5.74, 6) is 2.36. The molecule has 9 heteroatoms. The second kappa shape index (κ2) is 16.7. The molecule has 0 unspecified atom stereocenters. The zero-order chi connectivity index (χ0) is 24.5. The molecule has 33 heavy (non-hydrogen) atoms. The van der Waals surface area contributed by atoms with Gasteiger partial charge in [0.15, 0.2) is 0 Å². The monoisotopic (exact) mass is 570 g/mol. The van der Waals surface area contributed by atoms with Crippen LogP contribution in [0.2, 0.25) is 13.3 Å². The van der Waals surface area contributed by atoms with E-state index in [9.17, 15) is 0 Å². The fourth-order valence-electron chi connectivity index (χ4n) is 3.84. The number of rotatable bonds is 14. The third-order valence-corrected chi connectivity index (χ3v) is 21.3.